The normalized spacial score (nSPS) is 50.7. The molecule has 0 aliphatic carbocycles. The van der Waals surface area contributed by atoms with E-state index in [4.69, 9.17) is 19.3 Å². The minimum atomic E-state index is -1.90. The molecule has 0 aromatic rings. The molecule has 4 N–H and O–H groups in total. The highest BCUT2D eigenvalue weighted by Gasteiger charge is 2.53. The van der Waals surface area contributed by atoms with E-state index in [2.05, 4.69) is 0 Å². The summed E-state index contributed by atoms with van der Waals surface area (Å²) in [7, 11) is 0. The molecule has 0 bridgehead atoms. The zero-order chi connectivity index (χ0) is 12.8. The van der Waals surface area contributed by atoms with E-state index in [0.717, 1.165) is 0 Å². The molecule has 2 rings (SSSR count). The van der Waals surface area contributed by atoms with Crippen molar-refractivity contribution in [3.63, 3.8) is 0 Å². The van der Waals surface area contributed by atoms with Crippen LogP contribution in [-0.4, -0.2) is 69.5 Å². The first-order valence-corrected chi connectivity index (χ1v) is 5.10. The van der Waals surface area contributed by atoms with Gasteiger partial charge in [0.25, 0.3) is 5.79 Å². The number of carboxylic acids is 1. The quantitative estimate of drug-likeness (QED) is 0.407. The van der Waals surface area contributed by atoms with E-state index in [1.54, 1.807) is 0 Å². The molecular weight excluding hydrogens is 236 g/mol. The van der Waals surface area contributed by atoms with Gasteiger partial charge in [-0.15, -0.1) is 0 Å². The van der Waals surface area contributed by atoms with Crippen molar-refractivity contribution < 1.29 is 39.4 Å². The summed E-state index contributed by atoms with van der Waals surface area (Å²) in [6.45, 7) is 1.03. The molecule has 0 aromatic heterocycles. The molecule has 8 heteroatoms. The lowest BCUT2D eigenvalue weighted by molar-refractivity contribution is -0.373. The van der Waals surface area contributed by atoms with Gasteiger partial charge in [-0.3, -0.25) is 0 Å². The van der Waals surface area contributed by atoms with Gasteiger partial charge in [-0.25, -0.2) is 4.79 Å². The second kappa shape index (κ2) is 4.16. The maximum Gasteiger partial charge on any atom is 0.364 e. The van der Waals surface area contributed by atoms with E-state index < -0.39 is 42.5 Å². The third-order valence-electron chi connectivity index (χ3n) is 2.93. The molecular formula is C9H14O8. The van der Waals surface area contributed by atoms with Crippen molar-refractivity contribution in [1.82, 2.24) is 0 Å². The minimum Gasteiger partial charge on any atom is -0.477 e. The lowest BCUT2D eigenvalue weighted by Gasteiger charge is -2.47. The molecule has 0 saturated carbocycles. The Hall–Kier alpha value is -0.770. The third-order valence-corrected chi connectivity index (χ3v) is 2.93. The Bertz CT molecular complexity index is 318. The summed E-state index contributed by atoms with van der Waals surface area (Å²) in [5.41, 5.74) is 0. The second-order valence-electron chi connectivity index (χ2n) is 4.19. The highest BCUT2D eigenvalue weighted by atomic mass is 16.8. The zero-order valence-corrected chi connectivity index (χ0v) is 9.02. The largest absolute Gasteiger partial charge is 0.477 e. The van der Waals surface area contributed by atoms with Crippen LogP contribution >= 0.6 is 0 Å². The smallest absolute Gasteiger partial charge is 0.364 e. The van der Waals surface area contributed by atoms with E-state index in [-0.39, 0.29) is 6.61 Å². The fourth-order valence-electron chi connectivity index (χ4n) is 1.85. The molecule has 6 atom stereocenters. The Morgan fingerprint density at radius 3 is 2.53 bits per heavy atom. The van der Waals surface area contributed by atoms with Gasteiger partial charge in [0, 0.05) is 6.92 Å². The van der Waals surface area contributed by atoms with Crippen molar-refractivity contribution in [2.45, 2.75) is 43.4 Å². The molecule has 2 aliphatic heterocycles. The van der Waals surface area contributed by atoms with Gasteiger partial charge >= 0.3 is 5.97 Å². The number of aliphatic carboxylic acids is 1. The van der Waals surface area contributed by atoms with E-state index in [0.29, 0.717) is 0 Å². The average Bonchev–Trinajstić information content (AvgIpc) is 2.27. The summed E-state index contributed by atoms with van der Waals surface area (Å²) in [6.07, 6.45) is -6.43. The number of carbonyl (C=O) groups is 1. The van der Waals surface area contributed by atoms with Crippen molar-refractivity contribution in [2.24, 2.45) is 0 Å². The van der Waals surface area contributed by atoms with Crippen LogP contribution in [0.15, 0.2) is 0 Å². The van der Waals surface area contributed by atoms with Crippen LogP contribution in [0, 0.1) is 0 Å². The lowest BCUT2D eigenvalue weighted by atomic mass is 9.97. The second-order valence-corrected chi connectivity index (χ2v) is 4.19. The Kier molecular flexibility index (Phi) is 3.10. The molecule has 1 unspecified atom stereocenters. The summed E-state index contributed by atoms with van der Waals surface area (Å²) < 4.78 is 15.0. The number of hydrogen-bond acceptors (Lipinski definition) is 7. The molecule has 2 heterocycles. The number of rotatable bonds is 1. The molecule has 0 radical (unpaired) electrons. The van der Waals surface area contributed by atoms with E-state index in [1.165, 1.54) is 6.92 Å². The Morgan fingerprint density at radius 1 is 1.29 bits per heavy atom. The highest BCUT2D eigenvalue weighted by molar-refractivity contribution is 5.75. The van der Waals surface area contributed by atoms with Crippen molar-refractivity contribution in [1.29, 1.82) is 0 Å². The van der Waals surface area contributed by atoms with Crippen LogP contribution in [0.25, 0.3) is 0 Å². The van der Waals surface area contributed by atoms with Gasteiger partial charge in [0.1, 0.15) is 24.4 Å². The Balaban J connectivity index is 2.16. The van der Waals surface area contributed by atoms with Gasteiger partial charge in [-0.2, -0.15) is 0 Å². The molecule has 2 saturated heterocycles. The van der Waals surface area contributed by atoms with Crippen molar-refractivity contribution in [3.8, 4) is 0 Å². The number of fused-ring (bicyclic) bond motifs is 1. The van der Waals surface area contributed by atoms with Crippen molar-refractivity contribution in [3.05, 3.63) is 0 Å². The summed E-state index contributed by atoms with van der Waals surface area (Å²) >= 11 is 0. The van der Waals surface area contributed by atoms with Crippen molar-refractivity contribution >= 4 is 5.97 Å². The monoisotopic (exact) mass is 250 g/mol. The summed E-state index contributed by atoms with van der Waals surface area (Å²) in [5, 5.41) is 37.3. The maximum absolute atomic E-state index is 10.9. The first kappa shape index (κ1) is 12.7. The molecule has 0 amide bonds. The first-order valence-electron chi connectivity index (χ1n) is 5.10. The summed E-state index contributed by atoms with van der Waals surface area (Å²) in [5.74, 6) is -3.24. The van der Waals surface area contributed by atoms with Crippen LogP contribution in [0.5, 0.6) is 0 Å². The molecule has 8 nitrogen and oxygen atoms in total. The zero-order valence-electron chi connectivity index (χ0n) is 9.02. The molecule has 2 aliphatic rings. The molecule has 98 valence electrons. The fourth-order valence-corrected chi connectivity index (χ4v) is 1.85. The SMILES string of the molecule is CC1(C(=O)O)OC[C@H]2O[C@@H](O)[C@@H](O)[C@@H](O)[C@@H]2O1. The number of aliphatic hydroxyl groups is 3. The van der Waals surface area contributed by atoms with Crippen LogP contribution in [-0.2, 0) is 19.0 Å². The van der Waals surface area contributed by atoms with Gasteiger partial charge in [0.2, 0.25) is 0 Å². The van der Waals surface area contributed by atoms with E-state index in [9.17, 15) is 20.1 Å². The molecule has 17 heavy (non-hydrogen) atoms. The van der Waals surface area contributed by atoms with E-state index in [1.807, 2.05) is 0 Å². The molecule has 0 aromatic carbocycles. The van der Waals surface area contributed by atoms with Crippen LogP contribution in [0.4, 0.5) is 0 Å². The first-order chi connectivity index (χ1) is 7.85. The summed E-state index contributed by atoms with van der Waals surface area (Å²) in [6, 6.07) is 0. The van der Waals surface area contributed by atoms with Crippen molar-refractivity contribution in [2.75, 3.05) is 6.61 Å². The molecule has 0 spiro atoms. The summed E-state index contributed by atoms with van der Waals surface area (Å²) in [4.78, 5) is 10.9. The van der Waals surface area contributed by atoms with E-state index >= 15 is 0 Å². The number of aliphatic hydroxyl groups excluding tert-OH is 3. The lowest BCUT2D eigenvalue weighted by Crippen LogP contribution is -2.66. The third kappa shape index (κ3) is 2.03. The maximum atomic E-state index is 10.9. The number of hydrogen-bond donors (Lipinski definition) is 4. The van der Waals surface area contributed by atoms with Gasteiger partial charge < -0.3 is 34.6 Å². The number of ether oxygens (including phenoxy) is 3. The minimum absolute atomic E-state index is 0.158. The Morgan fingerprint density at radius 2 is 1.94 bits per heavy atom. The van der Waals surface area contributed by atoms with Crippen LogP contribution in [0.2, 0.25) is 0 Å². The van der Waals surface area contributed by atoms with Gasteiger partial charge in [-0.05, 0) is 0 Å². The highest BCUT2D eigenvalue weighted by Crippen LogP contribution is 2.32. The predicted octanol–water partition coefficient (Wildman–Crippen LogP) is -2.36. The Labute approximate surface area is 96.3 Å². The average molecular weight is 250 g/mol. The van der Waals surface area contributed by atoms with Crippen LogP contribution in [0.1, 0.15) is 6.92 Å². The van der Waals surface area contributed by atoms with Gasteiger partial charge in [-0.1, -0.05) is 0 Å². The van der Waals surface area contributed by atoms with Gasteiger partial charge in [0.15, 0.2) is 6.29 Å². The predicted molar refractivity (Wildman–Crippen MR) is 49.8 cm³/mol. The molecule has 2 fully saturated rings. The van der Waals surface area contributed by atoms with Crippen LogP contribution < -0.4 is 0 Å². The fraction of sp³-hybridized carbons (Fsp3) is 0.889. The standard InChI is InChI=1S/C9H14O8/c1-9(8(13)14)15-2-3-6(17-9)4(10)5(11)7(12)16-3/h3-7,10-12H,2H2,1H3,(H,13,14)/t3-,4-,5+,6-,7-,9?/m1/s1. The van der Waals surface area contributed by atoms with Gasteiger partial charge in [0.05, 0.1) is 6.61 Å². The topological polar surface area (TPSA) is 126 Å². The van der Waals surface area contributed by atoms with Crippen LogP contribution in [0.3, 0.4) is 0 Å². The number of carboxylic acid groups (broad SMARTS) is 1.